The summed E-state index contributed by atoms with van der Waals surface area (Å²) in [5, 5.41) is 14.5. The number of methoxy groups -OCH3 is 1. The van der Waals surface area contributed by atoms with Gasteiger partial charge in [0.2, 0.25) is 5.82 Å². The van der Waals surface area contributed by atoms with Gasteiger partial charge >= 0.3 is 0 Å². The number of hydrogen-bond donors (Lipinski definition) is 1. The zero-order valence-electron chi connectivity index (χ0n) is 15.1. The molecule has 7 nitrogen and oxygen atoms in total. The summed E-state index contributed by atoms with van der Waals surface area (Å²) >= 11 is 0. The van der Waals surface area contributed by atoms with Gasteiger partial charge in [-0.2, -0.15) is 5.21 Å². The maximum Gasteiger partial charge on any atom is 0.204 e. The van der Waals surface area contributed by atoms with Crippen molar-refractivity contribution in [2.75, 3.05) is 7.11 Å². The Kier molecular flexibility index (Phi) is 3.79. The van der Waals surface area contributed by atoms with Gasteiger partial charge in [0, 0.05) is 16.7 Å². The van der Waals surface area contributed by atoms with Crippen molar-refractivity contribution in [3.8, 4) is 17.1 Å². The molecule has 0 fully saturated rings. The average Bonchev–Trinajstić information content (AvgIpc) is 3.39. The molecule has 2 aromatic heterocycles. The first-order chi connectivity index (χ1) is 13.7. The summed E-state index contributed by atoms with van der Waals surface area (Å²) in [5.74, 6) is 1.89. The van der Waals surface area contributed by atoms with Gasteiger partial charge < -0.3 is 9.15 Å². The van der Waals surface area contributed by atoms with Crippen molar-refractivity contribution in [3.05, 3.63) is 69.6 Å². The van der Waals surface area contributed by atoms with E-state index in [2.05, 4.69) is 20.6 Å². The van der Waals surface area contributed by atoms with Crippen LogP contribution >= 0.6 is 0 Å². The Morgan fingerprint density at radius 1 is 1.18 bits per heavy atom. The van der Waals surface area contributed by atoms with Gasteiger partial charge in [-0.1, -0.05) is 18.2 Å². The molecule has 138 valence electrons. The second kappa shape index (κ2) is 6.45. The topological polar surface area (TPSA) is 93.9 Å². The van der Waals surface area contributed by atoms with E-state index in [1.165, 1.54) is 0 Å². The molecular weight excluding hydrogens is 356 g/mol. The highest BCUT2D eigenvalue weighted by atomic mass is 16.5. The van der Waals surface area contributed by atoms with Gasteiger partial charge in [0.05, 0.1) is 12.5 Å². The van der Waals surface area contributed by atoms with Crippen molar-refractivity contribution in [2.45, 2.75) is 12.8 Å². The Balaban J connectivity index is 1.65. The molecule has 0 unspecified atom stereocenters. The van der Waals surface area contributed by atoms with Gasteiger partial charge in [0.1, 0.15) is 17.1 Å². The molecule has 0 saturated heterocycles. The highest BCUT2D eigenvalue weighted by Gasteiger charge is 2.24. The molecule has 0 aliphatic heterocycles. The molecule has 1 aliphatic rings. The number of hydrogen-bond acceptors (Lipinski definition) is 6. The van der Waals surface area contributed by atoms with E-state index in [0.717, 1.165) is 28.9 Å². The number of H-pyrrole nitrogens is 1. The summed E-state index contributed by atoms with van der Waals surface area (Å²) < 4.78 is 11.6. The molecule has 0 bridgehead atoms. The minimum atomic E-state index is -0.00924. The second-order valence-electron chi connectivity index (χ2n) is 6.60. The van der Waals surface area contributed by atoms with Crippen LogP contribution in [0.5, 0.6) is 5.75 Å². The van der Waals surface area contributed by atoms with E-state index in [9.17, 15) is 4.79 Å². The van der Waals surface area contributed by atoms with Crippen molar-refractivity contribution < 1.29 is 9.15 Å². The van der Waals surface area contributed by atoms with Crippen LogP contribution in [0.2, 0.25) is 0 Å². The number of tetrazole rings is 1. The number of aromatic nitrogens is 4. The monoisotopic (exact) mass is 372 g/mol. The molecule has 5 rings (SSSR count). The molecular formula is C21H16N4O3. The normalized spacial score (nSPS) is 14.5. The first-order valence-electron chi connectivity index (χ1n) is 8.92. The van der Waals surface area contributed by atoms with E-state index in [0.29, 0.717) is 34.5 Å². The van der Waals surface area contributed by atoms with Crippen LogP contribution in [-0.4, -0.2) is 27.7 Å². The third-order valence-electron chi connectivity index (χ3n) is 4.99. The smallest absolute Gasteiger partial charge is 0.204 e. The summed E-state index contributed by atoms with van der Waals surface area (Å²) in [6.45, 7) is 0. The molecule has 0 spiro atoms. The van der Waals surface area contributed by atoms with Crippen LogP contribution < -0.4 is 10.2 Å². The Morgan fingerprint density at radius 3 is 2.89 bits per heavy atom. The number of nitrogens with one attached hydrogen (secondary N) is 1. The fourth-order valence-corrected chi connectivity index (χ4v) is 3.63. The van der Waals surface area contributed by atoms with Crippen LogP contribution in [0.1, 0.15) is 23.3 Å². The Hall–Kier alpha value is -3.74. The lowest BCUT2D eigenvalue weighted by Gasteiger charge is -2.07. The van der Waals surface area contributed by atoms with Gasteiger partial charge in [0.15, 0.2) is 5.43 Å². The third kappa shape index (κ3) is 2.60. The van der Waals surface area contributed by atoms with Gasteiger partial charge in [-0.15, -0.1) is 10.2 Å². The maximum absolute atomic E-state index is 13.1. The number of nitrogens with zero attached hydrogens (tertiary/aromatic N) is 3. The molecule has 2 aromatic carbocycles. The van der Waals surface area contributed by atoms with E-state index in [4.69, 9.17) is 9.15 Å². The van der Waals surface area contributed by atoms with E-state index in [1.807, 2.05) is 36.4 Å². The second-order valence-corrected chi connectivity index (χ2v) is 6.60. The summed E-state index contributed by atoms with van der Waals surface area (Å²) in [7, 11) is 1.65. The number of rotatable bonds is 3. The molecule has 4 aromatic rings. The molecule has 0 amide bonds. The van der Waals surface area contributed by atoms with Crippen LogP contribution in [-0.2, 0) is 6.42 Å². The molecule has 0 atom stereocenters. The quantitative estimate of drug-likeness (QED) is 0.592. The summed E-state index contributed by atoms with van der Waals surface area (Å²) in [4.78, 5) is 13.1. The zero-order valence-corrected chi connectivity index (χ0v) is 15.1. The summed E-state index contributed by atoms with van der Waals surface area (Å²) in [6.07, 6.45) is 3.44. The highest BCUT2D eigenvalue weighted by molar-refractivity contribution is 5.89. The Morgan fingerprint density at radius 2 is 2.07 bits per heavy atom. The predicted octanol–water partition coefficient (Wildman–Crippen LogP) is 3.47. The van der Waals surface area contributed by atoms with Crippen LogP contribution in [0.25, 0.3) is 34.0 Å². The first kappa shape index (κ1) is 16.4. The standard InChI is InChI=1S/C21H16N4O3/c1-27-17-5-3-2-4-12(17)10-13-6-8-15-19(26)16-11-14(21-22-24-25-23-21)7-9-18(16)28-20(13)15/h2-5,7,9-11H,6,8H2,1H3,(H,22,23,24,25)/b13-10+. The van der Waals surface area contributed by atoms with E-state index < -0.39 is 0 Å². The van der Waals surface area contributed by atoms with E-state index in [-0.39, 0.29) is 5.43 Å². The third-order valence-corrected chi connectivity index (χ3v) is 4.99. The van der Waals surface area contributed by atoms with Gasteiger partial charge in [-0.05, 0) is 54.0 Å². The van der Waals surface area contributed by atoms with Crippen LogP contribution in [0.15, 0.2) is 51.7 Å². The molecule has 1 aliphatic carbocycles. The Labute approximate surface area is 159 Å². The number of ether oxygens (including phenoxy) is 1. The van der Waals surface area contributed by atoms with Gasteiger partial charge in [-0.3, -0.25) is 4.79 Å². The molecule has 28 heavy (non-hydrogen) atoms. The average molecular weight is 372 g/mol. The largest absolute Gasteiger partial charge is 0.496 e. The molecule has 2 heterocycles. The lowest BCUT2D eigenvalue weighted by Crippen LogP contribution is -2.08. The number of allylic oxidation sites excluding steroid dienone is 1. The minimum Gasteiger partial charge on any atom is -0.496 e. The fourth-order valence-electron chi connectivity index (χ4n) is 3.63. The van der Waals surface area contributed by atoms with Gasteiger partial charge in [0.25, 0.3) is 0 Å². The van der Waals surface area contributed by atoms with Crippen LogP contribution in [0.4, 0.5) is 0 Å². The van der Waals surface area contributed by atoms with Gasteiger partial charge in [-0.25, -0.2) is 0 Å². The fraction of sp³-hybridized carbons (Fsp3) is 0.143. The summed E-state index contributed by atoms with van der Waals surface area (Å²) in [6, 6.07) is 13.1. The molecule has 0 saturated carbocycles. The number of fused-ring (bicyclic) bond motifs is 2. The molecule has 0 radical (unpaired) electrons. The van der Waals surface area contributed by atoms with Crippen LogP contribution in [0.3, 0.4) is 0 Å². The Bertz CT molecular complexity index is 1270. The minimum absolute atomic E-state index is 0.00924. The number of para-hydroxylation sites is 1. The molecule has 1 N–H and O–H groups in total. The zero-order chi connectivity index (χ0) is 19.1. The summed E-state index contributed by atoms with van der Waals surface area (Å²) in [5.41, 5.74) is 3.92. The van der Waals surface area contributed by atoms with Crippen molar-refractivity contribution in [1.82, 2.24) is 20.6 Å². The maximum atomic E-state index is 13.1. The van der Waals surface area contributed by atoms with E-state index >= 15 is 0 Å². The lowest BCUT2D eigenvalue weighted by atomic mass is 10.1. The SMILES string of the molecule is COc1ccccc1/C=C1\CCc2c1oc1ccc(-c3nn[nH]n3)cc1c2=O. The van der Waals surface area contributed by atoms with Crippen molar-refractivity contribution in [2.24, 2.45) is 0 Å². The first-order valence-corrected chi connectivity index (χ1v) is 8.92. The van der Waals surface area contributed by atoms with Crippen LogP contribution in [0, 0.1) is 0 Å². The lowest BCUT2D eigenvalue weighted by molar-refractivity contribution is 0.414. The highest BCUT2D eigenvalue weighted by Crippen LogP contribution is 2.36. The number of benzene rings is 2. The van der Waals surface area contributed by atoms with Crippen molar-refractivity contribution in [3.63, 3.8) is 0 Å². The molecule has 7 heteroatoms. The predicted molar refractivity (Wildman–Crippen MR) is 105 cm³/mol. The van der Waals surface area contributed by atoms with E-state index in [1.54, 1.807) is 19.2 Å². The van der Waals surface area contributed by atoms with Crippen molar-refractivity contribution in [1.29, 1.82) is 0 Å². The van der Waals surface area contributed by atoms with Crippen molar-refractivity contribution >= 4 is 22.6 Å². The number of aromatic amines is 1.